The fourth-order valence-electron chi connectivity index (χ4n) is 3.55. The van der Waals surface area contributed by atoms with Crippen LogP contribution in [0.2, 0.25) is 0 Å². The Hall–Kier alpha value is -2.81. The first-order valence-corrected chi connectivity index (χ1v) is 8.53. The number of hydrogen-bond donors (Lipinski definition) is 0. The van der Waals surface area contributed by atoms with Gasteiger partial charge < -0.3 is 13.9 Å². The minimum Gasteiger partial charge on any atom is -0.468 e. The molecule has 0 N–H and O–H groups in total. The normalized spacial score (nSPS) is 12.4. The average Bonchev–Trinajstić information content (AvgIpc) is 3.00. The van der Waals surface area contributed by atoms with E-state index in [2.05, 4.69) is 70.9 Å². The van der Waals surface area contributed by atoms with Crippen LogP contribution in [0.5, 0.6) is 11.5 Å². The highest BCUT2D eigenvalue weighted by Crippen LogP contribution is 2.40. The summed E-state index contributed by atoms with van der Waals surface area (Å²) in [5.41, 5.74) is 3.35. The number of fused-ring (bicyclic) bond motifs is 4. The van der Waals surface area contributed by atoms with Gasteiger partial charge in [-0.3, -0.25) is 0 Å². The van der Waals surface area contributed by atoms with E-state index in [0.717, 1.165) is 41.1 Å². The number of imidazole rings is 1. The van der Waals surface area contributed by atoms with Gasteiger partial charge in [0.15, 0.2) is 0 Å². The molecule has 0 unspecified atom stereocenters. The lowest BCUT2D eigenvalue weighted by molar-refractivity contribution is -0.575. The van der Waals surface area contributed by atoms with E-state index in [9.17, 15) is 0 Å². The van der Waals surface area contributed by atoms with Gasteiger partial charge in [-0.15, -0.1) is 0 Å². The predicted molar refractivity (Wildman–Crippen MR) is 94.8 cm³/mol. The van der Waals surface area contributed by atoms with Gasteiger partial charge in [0.1, 0.15) is 11.5 Å². The van der Waals surface area contributed by atoms with E-state index in [1.54, 1.807) is 0 Å². The third kappa shape index (κ3) is 1.81. The summed E-state index contributed by atoms with van der Waals surface area (Å²) in [6.45, 7) is 3.19. The maximum Gasteiger partial charge on any atom is 0.244 e. The van der Waals surface area contributed by atoms with Gasteiger partial charge in [-0.05, 0) is 17.9 Å². The van der Waals surface area contributed by atoms with Crippen LogP contribution in [0.4, 0.5) is 0 Å². The Kier molecular flexibility index (Phi) is 2.89. The number of unbranched alkanes of at least 4 members (excludes halogenated alkanes) is 1. The van der Waals surface area contributed by atoms with Gasteiger partial charge >= 0.3 is 0 Å². The zero-order valence-electron chi connectivity index (χ0n) is 13.6. The topological polar surface area (TPSA) is 18.0 Å². The van der Waals surface area contributed by atoms with E-state index < -0.39 is 0 Å². The van der Waals surface area contributed by atoms with E-state index >= 15 is 0 Å². The van der Waals surface area contributed by atoms with Crippen molar-refractivity contribution in [3.63, 3.8) is 0 Å². The molecule has 0 bridgehead atoms. The van der Waals surface area contributed by atoms with Crippen LogP contribution in [0.3, 0.4) is 0 Å². The van der Waals surface area contributed by atoms with Crippen molar-refractivity contribution in [2.24, 2.45) is 0 Å². The maximum absolute atomic E-state index is 6.33. The second kappa shape index (κ2) is 5.10. The van der Waals surface area contributed by atoms with Crippen LogP contribution in [0.1, 0.15) is 19.8 Å². The molecule has 0 radical (unpaired) electrons. The lowest BCUT2D eigenvalue weighted by Gasteiger charge is -2.22. The van der Waals surface area contributed by atoms with Crippen LogP contribution in [0.15, 0.2) is 54.6 Å². The lowest BCUT2D eigenvalue weighted by atomic mass is 10.1. The largest absolute Gasteiger partial charge is 0.468 e. The molecule has 1 aromatic heterocycles. The minimum absolute atomic E-state index is 0.905. The molecule has 0 saturated heterocycles. The summed E-state index contributed by atoms with van der Waals surface area (Å²) < 4.78 is 10.7. The van der Waals surface area contributed by atoms with E-state index in [4.69, 9.17) is 4.74 Å². The van der Waals surface area contributed by atoms with E-state index in [-0.39, 0.29) is 0 Å². The average molecular weight is 314 g/mol. The summed E-state index contributed by atoms with van der Waals surface area (Å²) in [7, 11) is 0. The zero-order chi connectivity index (χ0) is 16.1. The maximum atomic E-state index is 6.33. The van der Waals surface area contributed by atoms with Crippen LogP contribution >= 0.6 is 0 Å². The van der Waals surface area contributed by atoms with Gasteiger partial charge in [0.25, 0.3) is 0 Å². The highest BCUT2D eigenvalue weighted by atomic mass is 16.5. The second-order valence-corrected chi connectivity index (χ2v) is 6.30. The molecule has 0 spiro atoms. The molecule has 3 aromatic carbocycles. The predicted octanol–water partition coefficient (Wildman–Crippen LogP) is 4.78. The molecule has 4 aromatic rings. The summed E-state index contributed by atoms with van der Waals surface area (Å²) in [6, 6.07) is 18.9. The molecule has 1 aliphatic heterocycles. The summed E-state index contributed by atoms with van der Waals surface area (Å²) >= 11 is 0. The van der Waals surface area contributed by atoms with Gasteiger partial charge in [0, 0.05) is 5.39 Å². The van der Waals surface area contributed by atoms with Crippen LogP contribution in [-0.2, 0) is 6.54 Å². The molecule has 0 aliphatic carbocycles. The van der Waals surface area contributed by atoms with Crippen LogP contribution in [0.25, 0.3) is 27.5 Å². The third-order valence-electron chi connectivity index (χ3n) is 4.76. The molecular formula is C21H18N2O. The number of aromatic nitrogens is 2. The molecule has 2 heterocycles. The Morgan fingerprint density at radius 3 is 2.88 bits per heavy atom. The molecule has 3 nitrogen and oxygen atoms in total. The van der Waals surface area contributed by atoms with Crippen molar-refractivity contribution in [2.75, 3.05) is 0 Å². The molecule has 0 amide bonds. The number of para-hydroxylation sites is 1. The quantitative estimate of drug-likeness (QED) is 0.346. The number of benzene rings is 3. The standard InChI is InChI=1S/C21H18N2O/c1-2-3-13-22-14-23-18-12-11-15-7-4-5-8-16(15)21(18)24-19-10-6-9-17(22)20(19)23/h4-12H,2-3,13H2,1H3. The molecule has 118 valence electrons. The lowest BCUT2D eigenvalue weighted by Crippen LogP contribution is -2.32. The van der Waals surface area contributed by atoms with Gasteiger partial charge in [-0.2, -0.15) is 0 Å². The van der Waals surface area contributed by atoms with Gasteiger partial charge in [0.05, 0.1) is 23.3 Å². The van der Waals surface area contributed by atoms with Crippen molar-refractivity contribution in [1.29, 1.82) is 0 Å². The summed E-state index contributed by atoms with van der Waals surface area (Å²) in [5, 5.41) is 2.33. The van der Waals surface area contributed by atoms with Gasteiger partial charge in [-0.25, -0.2) is 0 Å². The molecule has 0 fully saturated rings. The first-order valence-electron chi connectivity index (χ1n) is 8.53. The number of hydrogen-bond acceptors (Lipinski definition) is 1. The first-order chi connectivity index (χ1) is 11.9. The zero-order valence-corrected chi connectivity index (χ0v) is 13.6. The summed E-state index contributed by atoms with van der Waals surface area (Å²) in [4.78, 5) is 0. The number of nitrogens with zero attached hydrogens (tertiary/aromatic N) is 2. The Morgan fingerprint density at radius 1 is 1.04 bits per heavy atom. The highest BCUT2D eigenvalue weighted by Gasteiger charge is 2.22. The van der Waals surface area contributed by atoms with E-state index in [0.29, 0.717) is 0 Å². The fourth-order valence-corrected chi connectivity index (χ4v) is 3.55. The van der Waals surface area contributed by atoms with E-state index in [1.807, 2.05) is 6.07 Å². The second-order valence-electron chi connectivity index (χ2n) is 6.30. The summed E-state index contributed by atoms with van der Waals surface area (Å²) in [5.74, 6) is 1.82. The van der Waals surface area contributed by atoms with Crippen molar-refractivity contribution < 1.29 is 9.30 Å². The summed E-state index contributed by atoms with van der Waals surface area (Å²) in [6.07, 6.45) is 5.86. The van der Waals surface area contributed by atoms with Crippen LogP contribution in [-0.4, -0.2) is 4.57 Å². The molecule has 5 rings (SSSR count). The third-order valence-corrected chi connectivity index (χ3v) is 4.76. The van der Waals surface area contributed by atoms with Crippen molar-refractivity contribution in [3.8, 4) is 17.2 Å². The molecule has 24 heavy (non-hydrogen) atoms. The van der Waals surface area contributed by atoms with Crippen molar-refractivity contribution in [2.45, 2.75) is 26.3 Å². The Labute approximate surface area is 140 Å². The fraction of sp³-hybridized carbons (Fsp3) is 0.190. The number of aryl methyl sites for hydroxylation is 1. The number of rotatable bonds is 3. The van der Waals surface area contributed by atoms with Crippen molar-refractivity contribution in [1.82, 2.24) is 4.57 Å². The SMILES string of the molecule is CCCCn1[c-][n+]2c3c(cccc31)Oc1c-2ccc2ccccc12. The van der Waals surface area contributed by atoms with Crippen molar-refractivity contribution >= 4 is 21.8 Å². The van der Waals surface area contributed by atoms with Crippen LogP contribution < -0.4 is 9.30 Å². The molecule has 0 atom stereocenters. The Bertz CT molecular complexity index is 1080. The molecular weight excluding hydrogens is 296 g/mol. The molecule has 0 saturated carbocycles. The van der Waals surface area contributed by atoms with Gasteiger partial charge in [-0.1, -0.05) is 61.9 Å². The van der Waals surface area contributed by atoms with Crippen molar-refractivity contribution in [3.05, 3.63) is 60.9 Å². The molecule has 1 aliphatic rings. The Morgan fingerprint density at radius 2 is 1.96 bits per heavy atom. The smallest absolute Gasteiger partial charge is 0.244 e. The first kappa shape index (κ1) is 13.6. The minimum atomic E-state index is 0.905. The highest BCUT2D eigenvalue weighted by molar-refractivity contribution is 5.93. The number of ether oxygens (including phenoxy) is 1. The van der Waals surface area contributed by atoms with Crippen LogP contribution in [0, 0.1) is 6.33 Å². The Balaban J connectivity index is 1.82. The molecule has 3 heteroatoms. The van der Waals surface area contributed by atoms with Gasteiger partial charge in [0.2, 0.25) is 6.33 Å². The van der Waals surface area contributed by atoms with E-state index in [1.165, 1.54) is 17.3 Å². The monoisotopic (exact) mass is 314 g/mol.